The number of aromatic nitrogens is 1. The predicted molar refractivity (Wildman–Crippen MR) is 111 cm³/mol. The Bertz CT molecular complexity index is 604. The lowest BCUT2D eigenvalue weighted by molar-refractivity contribution is -0.123. The number of hydrogen-bond acceptors (Lipinski definition) is 2. The van der Waals surface area contributed by atoms with Gasteiger partial charge in [0.1, 0.15) is 0 Å². The summed E-state index contributed by atoms with van der Waals surface area (Å²) < 4.78 is 2.39. The molecule has 24 heavy (non-hydrogen) atoms. The Hall–Kier alpha value is -0.560. The number of primary amides is 1. The van der Waals surface area contributed by atoms with E-state index in [4.69, 9.17) is 5.73 Å². The van der Waals surface area contributed by atoms with Gasteiger partial charge in [0, 0.05) is 17.9 Å². The number of alkyl halides is 1. The van der Waals surface area contributed by atoms with Gasteiger partial charge in [0.2, 0.25) is 5.91 Å². The van der Waals surface area contributed by atoms with Gasteiger partial charge in [-0.05, 0) is 75.7 Å². The summed E-state index contributed by atoms with van der Waals surface area (Å²) in [5.74, 6) is -0.201. The molecule has 0 bridgehead atoms. The Morgan fingerprint density at radius 3 is 2.12 bits per heavy atom. The summed E-state index contributed by atoms with van der Waals surface area (Å²) in [6.45, 7) is 12.9. The lowest BCUT2D eigenvalue weighted by Crippen LogP contribution is -2.38. The van der Waals surface area contributed by atoms with Gasteiger partial charge < -0.3 is 15.2 Å². The monoisotopic (exact) mass is 447 g/mol. The highest BCUT2D eigenvalue weighted by Gasteiger charge is 2.51. The van der Waals surface area contributed by atoms with Crippen LogP contribution in [0.3, 0.4) is 0 Å². The topological polar surface area (TPSA) is 51.3 Å². The van der Waals surface area contributed by atoms with E-state index in [1.54, 1.807) is 0 Å². The lowest BCUT2D eigenvalue weighted by Gasteiger charge is -2.27. The van der Waals surface area contributed by atoms with Gasteiger partial charge >= 0.3 is 0 Å². The molecule has 0 fully saturated rings. The van der Waals surface area contributed by atoms with Crippen LogP contribution in [-0.4, -0.2) is 40.9 Å². The lowest BCUT2D eigenvalue weighted by atomic mass is 9.79. The molecule has 4 nitrogen and oxygen atoms in total. The third-order valence-electron chi connectivity index (χ3n) is 5.34. The van der Waals surface area contributed by atoms with Crippen LogP contribution in [0.15, 0.2) is 0 Å². The van der Waals surface area contributed by atoms with Gasteiger partial charge in [-0.25, -0.2) is 0 Å². The molecule has 5 heteroatoms. The van der Waals surface area contributed by atoms with E-state index in [9.17, 15) is 4.79 Å². The number of hydrogen-bond donors (Lipinski definition) is 1. The van der Waals surface area contributed by atoms with Crippen LogP contribution in [0.1, 0.15) is 56.1 Å². The Labute approximate surface area is 161 Å². The fraction of sp³-hybridized carbons (Fsp3) is 0.737. The van der Waals surface area contributed by atoms with Gasteiger partial charge in [0.05, 0.1) is 5.41 Å². The molecule has 0 aliphatic heterocycles. The predicted octanol–water partition coefficient (Wildman–Crippen LogP) is 3.53. The van der Waals surface area contributed by atoms with E-state index in [2.05, 4.69) is 73.8 Å². The number of rotatable bonds is 5. The molecule has 0 saturated carbocycles. The number of nitrogens with zero attached hydrogens (tertiary/aromatic N) is 2. The molecule has 0 aromatic carbocycles. The molecular weight excluding hydrogens is 413 g/mol. The summed E-state index contributed by atoms with van der Waals surface area (Å²) in [4.78, 5) is 16.3. The van der Waals surface area contributed by atoms with Crippen LogP contribution < -0.4 is 5.73 Å². The molecule has 2 rings (SSSR count). The molecule has 0 saturated heterocycles. The van der Waals surface area contributed by atoms with Gasteiger partial charge in [0.15, 0.2) is 0 Å². The molecule has 0 spiro atoms. The third-order valence-corrected chi connectivity index (χ3v) is 5.34. The van der Waals surface area contributed by atoms with Crippen LogP contribution in [0, 0.1) is 13.8 Å². The average Bonchev–Trinajstić information content (AvgIpc) is 2.86. The standard InChI is InChI=1S/C18H31N3O.CH3I/c1-12-14-15(13(2)21(12)10-8-9-20(6)7)18(5,16(19)22)11-17(14,3)4;1-2/h8-11H2,1-7H3,(H2,19,22);1H3. The molecule has 1 heterocycles. The summed E-state index contributed by atoms with van der Waals surface area (Å²) in [5.41, 5.74) is 10.3. The molecule has 1 aromatic rings. The number of carbonyl (C=O) groups excluding carboxylic acids is 1. The summed E-state index contributed by atoms with van der Waals surface area (Å²) in [5, 5.41) is 0. The van der Waals surface area contributed by atoms with Crippen LogP contribution in [0.2, 0.25) is 0 Å². The van der Waals surface area contributed by atoms with E-state index in [1.807, 2.05) is 11.9 Å². The summed E-state index contributed by atoms with van der Waals surface area (Å²) in [7, 11) is 4.20. The number of carbonyl (C=O) groups is 1. The van der Waals surface area contributed by atoms with Crippen molar-refractivity contribution in [3.63, 3.8) is 0 Å². The first-order valence-electron chi connectivity index (χ1n) is 8.55. The zero-order valence-electron chi connectivity index (χ0n) is 16.6. The molecule has 138 valence electrons. The maximum Gasteiger partial charge on any atom is 0.227 e. The maximum absolute atomic E-state index is 12.2. The second kappa shape index (κ2) is 7.77. The van der Waals surface area contributed by atoms with Crippen molar-refractivity contribution in [1.82, 2.24) is 9.47 Å². The fourth-order valence-electron chi connectivity index (χ4n) is 4.54. The number of amides is 1. The average molecular weight is 447 g/mol. The van der Waals surface area contributed by atoms with Crippen molar-refractivity contribution in [1.29, 1.82) is 0 Å². The molecule has 1 aliphatic carbocycles. The summed E-state index contributed by atoms with van der Waals surface area (Å²) in [6, 6.07) is 0. The Morgan fingerprint density at radius 2 is 1.67 bits per heavy atom. The Morgan fingerprint density at radius 1 is 1.17 bits per heavy atom. The van der Waals surface area contributed by atoms with Crippen molar-refractivity contribution in [3.8, 4) is 0 Å². The SMILES string of the molecule is CI.Cc1c2c(c(C)n1CCCN(C)C)C(C)(C(N)=O)CC2(C)C. The third kappa shape index (κ3) is 3.66. The summed E-state index contributed by atoms with van der Waals surface area (Å²) >= 11 is 2.15. The molecule has 1 atom stereocenters. The molecule has 1 amide bonds. The fourth-order valence-corrected chi connectivity index (χ4v) is 4.54. The zero-order valence-corrected chi connectivity index (χ0v) is 18.7. The van der Waals surface area contributed by atoms with Gasteiger partial charge in [-0.15, -0.1) is 0 Å². The molecule has 1 aromatic heterocycles. The van der Waals surface area contributed by atoms with Crippen LogP contribution in [0.4, 0.5) is 0 Å². The highest BCUT2D eigenvalue weighted by molar-refractivity contribution is 14.1. The quantitative estimate of drug-likeness (QED) is 0.555. The number of fused-ring (bicyclic) bond motifs is 1. The number of halogens is 1. The second-order valence-electron chi connectivity index (χ2n) is 7.99. The van der Waals surface area contributed by atoms with Crippen LogP contribution in [-0.2, 0) is 22.2 Å². The minimum atomic E-state index is -0.541. The largest absolute Gasteiger partial charge is 0.369 e. The smallest absolute Gasteiger partial charge is 0.227 e. The first kappa shape index (κ1) is 21.5. The normalized spacial score (nSPS) is 21.4. The van der Waals surface area contributed by atoms with Crippen molar-refractivity contribution in [2.75, 3.05) is 25.6 Å². The van der Waals surface area contributed by atoms with E-state index < -0.39 is 5.41 Å². The van der Waals surface area contributed by atoms with Gasteiger partial charge in [-0.2, -0.15) is 0 Å². The maximum atomic E-state index is 12.2. The van der Waals surface area contributed by atoms with Crippen LogP contribution >= 0.6 is 22.6 Å². The van der Waals surface area contributed by atoms with E-state index in [0.29, 0.717) is 0 Å². The first-order valence-corrected chi connectivity index (χ1v) is 10.7. The molecule has 0 radical (unpaired) electrons. The highest BCUT2D eigenvalue weighted by Crippen LogP contribution is 2.52. The molecular formula is C19H34IN3O. The minimum absolute atomic E-state index is 0.000749. The van der Waals surface area contributed by atoms with E-state index in [0.717, 1.165) is 25.9 Å². The van der Waals surface area contributed by atoms with Crippen LogP contribution in [0.25, 0.3) is 0 Å². The Balaban J connectivity index is 0.00000139. The summed E-state index contributed by atoms with van der Waals surface area (Å²) in [6.07, 6.45) is 1.91. The van der Waals surface area contributed by atoms with Crippen LogP contribution in [0.5, 0.6) is 0 Å². The van der Waals surface area contributed by atoms with Gasteiger partial charge in [-0.3, -0.25) is 4.79 Å². The highest BCUT2D eigenvalue weighted by atomic mass is 127. The van der Waals surface area contributed by atoms with Crippen molar-refractivity contribution in [2.24, 2.45) is 5.73 Å². The van der Waals surface area contributed by atoms with Gasteiger partial charge in [-0.1, -0.05) is 36.4 Å². The molecule has 1 aliphatic rings. The van der Waals surface area contributed by atoms with Crippen molar-refractivity contribution in [2.45, 2.75) is 64.8 Å². The first-order chi connectivity index (χ1) is 11.0. The van der Waals surface area contributed by atoms with Crippen molar-refractivity contribution >= 4 is 28.5 Å². The molecule has 1 unspecified atom stereocenters. The zero-order chi connectivity index (χ0) is 18.9. The van der Waals surface area contributed by atoms with Crippen molar-refractivity contribution < 1.29 is 4.79 Å². The number of nitrogens with two attached hydrogens (primary N) is 1. The van der Waals surface area contributed by atoms with E-state index >= 15 is 0 Å². The van der Waals surface area contributed by atoms with E-state index in [-0.39, 0.29) is 11.3 Å². The molecule has 2 N–H and O–H groups in total. The van der Waals surface area contributed by atoms with Crippen molar-refractivity contribution in [3.05, 3.63) is 22.5 Å². The van der Waals surface area contributed by atoms with Gasteiger partial charge in [0.25, 0.3) is 0 Å². The van der Waals surface area contributed by atoms with E-state index in [1.165, 1.54) is 22.5 Å². The minimum Gasteiger partial charge on any atom is -0.369 e. The second-order valence-corrected chi connectivity index (χ2v) is 7.99. The Kier molecular flexibility index (Phi) is 6.95.